The van der Waals surface area contributed by atoms with Gasteiger partial charge in [0, 0.05) is 24.4 Å². The topological polar surface area (TPSA) is 70.8 Å². The Hall–Kier alpha value is -2.08. The van der Waals surface area contributed by atoms with Gasteiger partial charge < -0.3 is 14.3 Å². The first-order valence-corrected chi connectivity index (χ1v) is 9.91. The molecule has 2 unspecified atom stereocenters. The van der Waals surface area contributed by atoms with Gasteiger partial charge in [0.1, 0.15) is 0 Å². The lowest BCUT2D eigenvalue weighted by atomic mass is 9.74. The minimum absolute atomic E-state index is 0.173. The van der Waals surface area contributed by atoms with E-state index in [2.05, 4.69) is 6.92 Å². The summed E-state index contributed by atoms with van der Waals surface area (Å²) in [5, 5.41) is 12.2. The molecule has 6 heteroatoms. The maximum Gasteiger partial charge on any atom is 0.305 e. The number of rotatable bonds is 11. The first-order chi connectivity index (χ1) is 13.1. The molecule has 1 aliphatic rings. The molecular weight excluding hydrogens is 346 g/mol. The molecule has 0 aromatic heterocycles. The van der Waals surface area contributed by atoms with Gasteiger partial charge >= 0.3 is 5.97 Å². The van der Waals surface area contributed by atoms with E-state index in [1.807, 2.05) is 30.3 Å². The van der Waals surface area contributed by atoms with Gasteiger partial charge in [-0.1, -0.05) is 50.1 Å². The second-order valence-corrected chi connectivity index (χ2v) is 6.91. The molecule has 0 N–H and O–H groups in total. The number of benzene rings is 1. The van der Waals surface area contributed by atoms with Crippen molar-refractivity contribution < 1.29 is 24.0 Å². The van der Waals surface area contributed by atoms with Crippen molar-refractivity contribution >= 4 is 12.2 Å². The molecule has 2 rings (SSSR count). The Morgan fingerprint density at radius 3 is 2.74 bits per heavy atom. The molecule has 0 fully saturated rings. The van der Waals surface area contributed by atoms with Crippen LogP contribution < -0.4 is 0 Å². The summed E-state index contributed by atoms with van der Waals surface area (Å²) in [6, 6.07) is 9.97. The molecule has 0 aliphatic carbocycles. The Kier molecular flexibility index (Phi) is 8.58. The van der Waals surface area contributed by atoms with Crippen molar-refractivity contribution in [2.24, 2.45) is 0 Å². The number of hydrogen-bond acceptors (Lipinski definition) is 5. The van der Waals surface area contributed by atoms with E-state index in [0.29, 0.717) is 31.0 Å². The fourth-order valence-electron chi connectivity index (χ4n) is 3.40. The highest BCUT2D eigenvalue weighted by Gasteiger charge is 2.41. The summed E-state index contributed by atoms with van der Waals surface area (Å²) in [5.74, 6) is -0.173. The highest BCUT2D eigenvalue weighted by Crippen LogP contribution is 2.36. The lowest BCUT2D eigenvalue weighted by molar-refractivity contribution is -0.770. The van der Waals surface area contributed by atoms with Crippen molar-refractivity contribution in [1.29, 1.82) is 0 Å². The van der Waals surface area contributed by atoms with Crippen molar-refractivity contribution in [3.63, 3.8) is 0 Å². The predicted octanol–water partition coefficient (Wildman–Crippen LogP) is 4.11. The van der Waals surface area contributed by atoms with Gasteiger partial charge in [0.25, 0.3) is 0 Å². The van der Waals surface area contributed by atoms with Crippen LogP contribution in [0.3, 0.4) is 0 Å². The van der Waals surface area contributed by atoms with Crippen LogP contribution in [0.4, 0.5) is 0 Å². The zero-order valence-corrected chi connectivity index (χ0v) is 16.4. The summed E-state index contributed by atoms with van der Waals surface area (Å²) in [6.07, 6.45) is 6.24. The maximum absolute atomic E-state index is 12.2. The average molecular weight is 377 g/mol. The van der Waals surface area contributed by atoms with Crippen molar-refractivity contribution in [2.75, 3.05) is 13.2 Å². The molecule has 0 saturated heterocycles. The summed E-state index contributed by atoms with van der Waals surface area (Å²) < 4.78 is 10.8. The SMILES string of the molecule is CCCCOC1CC(CCCCC(=O)OCC)(c2ccccc2)C=[N+]([O-])O1. The fraction of sp³-hybridized carbons (Fsp3) is 0.619. The van der Waals surface area contributed by atoms with Gasteiger partial charge in [0.15, 0.2) is 6.29 Å². The zero-order chi connectivity index (χ0) is 19.5. The van der Waals surface area contributed by atoms with Crippen molar-refractivity contribution in [3.05, 3.63) is 41.1 Å². The number of hydrogen-bond donors (Lipinski definition) is 0. The Bertz CT molecular complexity index is 604. The third-order valence-corrected chi connectivity index (χ3v) is 4.81. The maximum atomic E-state index is 12.2. The highest BCUT2D eigenvalue weighted by atomic mass is 16.9. The molecule has 0 amide bonds. The minimum atomic E-state index is -0.565. The van der Waals surface area contributed by atoms with E-state index in [0.717, 1.165) is 37.7 Å². The van der Waals surface area contributed by atoms with Gasteiger partial charge in [-0.05, 0) is 31.7 Å². The molecule has 27 heavy (non-hydrogen) atoms. The van der Waals surface area contributed by atoms with Crippen LogP contribution in [0.15, 0.2) is 30.3 Å². The van der Waals surface area contributed by atoms with Crippen LogP contribution in [0.5, 0.6) is 0 Å². The second kappa shape index (κ2) is 10.9. The van der Waals surface area contributed by atoms with E-state index < -0.39 is 11.7 Å². The van der Waals surface area contributed by atoms with Crippen molar-refractivity contribution in [1.82, 2.24) is 0 Å². The van der Waals surface area contributed by atoms with E-state index in [1.54, 1.807) is 13.1 Å². The lowest BCUT2D eigenvalue weighted by Gasteiger charge is -2.36. The molecule has 1 aromatic rings. The van der Waals surface area contributed by atoms with Gasteiger partial charge in [0.2, 0.25) is 6.21 Å². The molecule has 2 atom stereocenters. The number of unbranched alkanes of at least 4 members (excludes halogenated alkanes) is 2. The Morgan fingerprint density at radius 1 is 1.26 bits per heavy atom. The van der Waals surface area contributed by atoms with Gasteiger partial charge in [-0.15, -0.1) is 0 Å². The molecule has 6 nitrogen and oxygen atoms in total. The molecule has 1 heterocycles. The molecule has 0 bridgehead atoms. The first kappa shape index (κ1) is 21.2. The number of carbonyl (C=O) groups excluding carboxylic acids is 1. The number of carbonyl (C=O) groups is 1. The monoisotopic (exact) mass is 377 g/mol. The van der Waals surface area contributed by atoms with E-state index in [1.165, 1.54) is 0 Å². The Morgan fingerprint density at radius 2 is 2.04 bits per heavy atom. The van der Waals surface area contributed by atoms with Gasteiger partial charge in [-0.3, -0.25) is 10.0 Å². The van der Waals surface area contributed by atoms with Crippen LogP contribution >= 0.6 is 0 Å². The van der Waals surface area contributed by atoms with Crippen molar-refractivity contribution in [2.45, 2.75) is 70.5 Å². The van der Waals surface area contributed by atoms with E-state index in [9.17, 15) is 10.0 Å². The quantitative estimate of drug-likeness (QED) is 0.330. The highest BCUT2D eigenvalue weighted by molar-refractivity contribution is 5.70. The Labute approximate surface area is 161 Å². The van der Waals surface area contributed by atoms with Crippen molar-refractivity contribution in [3.8, 4) is 0 Å². The summed E-state index contributed by atoms with van der Waals surface area (Å²) in [4.78, 5) is 17.4. The lowest BCUT2D eigenvalue weighted by Crippen LogP contribution is -2.43. The molecule has 1 aliphatic heterocycles. The van der Waals surface area contributed by atoms with Gasteiger partial charge in [-0.25, -0.2) is 0 Å². The summed E-state index contributed by atoms with van der Waals surface area (Å²) in [6.45, 7) is 4.87. The molecule has 0 saturated carbocycles. The predicted molar refractivity (Wildman–Crippen MR) is 103 cm³/mol. The molecular formula is C21H31NO5. The largest absolute Gasteiger partial charge is 0.466 e. The number of ether oxygens (including phenoxy) is 2. The van der Waals surface area contributed by atoms with E-state index in [4.69, 9.17) is 14.3 Å². The summed E-state index contributed by atoms with van der Waals surface area (Å²) in [5.41, 5.74) is 0.599. The van der Waals surface area contributed by atoms with Crippen LogP contribution in [0.1, 0.15) is 64.4 Å². The molecule has 150 valence electrons. The fourth-order valence-corrected chi connectivity index (χ4v) is 3.40. The molecule has 0 spiro atoms. The van der Waals surface area contributed by atoms with Crippen LogP contribution in [-0.4, -0.2) is 36.6 Å². The number of esters is 1. The van der Waals surface area contributed by atoms with Crippen LogP contribution in [0, 0.1) is 5.21 Å². The number of nitrogens with zero attached hydrogens (tertiary/aromatic N) is 1. The smallest absolute Gasteiger partial charge is 0.305 e. The third kappa shape index (κ3) is 6.54. The van der Waals surface area contributed by atoms with Gasteiger partial charge in [0.05, 0.1) is 12.0 Å². The van der Waals surface area contributed by atoms with E-state index in [-0.39, 0.29) is 5.97 Å². The van der Waals surface area contributed by atoms with Crippen LogP contribution in [0.25, 0.3) is 0 Å². The molecule has 1 aromatic carbocycles. The van der Waals surface area contributed by atoms with Crippen LogP contribution in [0.2, 0.25) is 0 Å². The average Bonchev–Trinajstić information content (AvgIpc) is 2.66. The van der Waals surface area contributed by atoms with Gasteiger partial charge in [-0.2, -0.15) is 0 Å². The first-order valence-electron chi connectivity index (χ1n) is 9.91. The second-order valence-electron chi connectivity index (χ2n) is 6.91. The Balaban J connectivity index is 2.08. The standard InChI is InChI=1S/C21H31NO5/c1-3-5-15-26-20-16-21(17-22(24)27-20,18-11-7-6-8-12-18)14-10-9-13-19(23)25-4-2/h6-8,11-12,17,20H,3-5,9-10,13-16H2,1-2H3. The minimum Gasteiger partial charge on any atom is -0.466 e. The van der Waals surface area contributed by atoms with E-state index >= 15 is 0 Å². The molecule has 0 radical (unpaired) electrons. The van der Waals surface area contributed by atoms with Crippen LogP contribution in [-0.2, 0) is 24.5 Å². The summed E-state index contributed by atoms with van der Waals surface area (Å²) in [7, 11) is 0. The zero-order valence-electron chi connectivity index (χ0n) is 16.4. The third-order valence-electron chi connectivity index (χ3n) is 4.81. The normalized spacial score (nSPS) is 22.0. The summed E-state index contributed by atoms with van der Waals surface area (Å²) >= 11 is 0.